The predicted molar refractivity (Wildman–Crippen MR) is 104 cm³/mol. The highest BCUT2D eigenvalue weighted by Gasteiger charge is 2.37. The molecule has 0 radical (unpaired) electrons. The lowest BCUT2D eigenvalue weighted by molar-refractivity contribution is -0.145. The summed E-state index contributed by atoms with van der Waals surface area (Å²) in [7, 11) is 0. The van der Waals surface area contributed by atoms with E-state index >= 15 is 0 Å². The predicted octanol–water partition coefficient (Wildman–Crippen LogP) is 5.30. The maximum absolute atomic E-state index is 13.7. The molecule has 0 aliphatic heterocycles. The molecule has 0 aromatic heterocycles. The second kappa shape index (κ2) is 9.68. The minimum Gasteiger partial charge on any atom is -0.466 e. The SMILES string of the molecule is CCOC(=O)CC(=O)Nc1ccc(Cl)c(C#Cc2ccccc2Cl)c1C(F)(F)F. The van der Waals surface area contributed by atoms with E-state index < -0.39 is 41.3 Å². The highest BCUT2D eigenvalue weighted by Crippen LogP contribution is 2.40. The van der Waals surface area contributed by atoms with Crippen molar-refractivity contribution in [2.24, 2.45) is 0 Å². The fourth-order valence-electron chi connectivity index (χ4n) is 2.33. The number of amides is 1. The van der Waals surface area contributed by atoms with Crippen LogP contribution >= 0.6 is 23.2 Å². The summed E-state index contributed by atoms with van der Waals surface area (Å²) in [6.07, 6.45) is -5.60. The number of halogens is 5. The minimum atomic E-state index is -4.87. The van der Waals surface area contributed by atoms with Gasteiger partial charge in [0.2, 0.25) is 5.91 Å². The Morgan fingerprint density at radius 1 is 1.07 bits per heavy atom. The molecule has 0 spiro atoms. The number of hydrogen-bond acceptors (Lipinski definition) is 3. The van der Waals surface area contributed by atoms with Gasteiger partial charge >= 0.3 is 12.1 Å². The Balaban J connectivity index is 2.48. The summed E-state index contributed by atoms with van der Waals surface area (Å²) in [5, 5.41) is 2.09. The molecular formula is C20H14Cl2F3NO3. The van der Waals surface area contributed by atoms with Crippen molar-refractivity contribution >= 4 is 40.8 Å². The van der Waals surface area contributed by atoms with Crippen molar-refractivity contribution in [3.8, 4) is 11.8 Å². The van der Waals surface area contributed by atoms with Gasteiger partial charge in [-0.3, -0.25) is 9.59 Å². The number of anilines is 1. The minimum absolute atomic E-state index is 0.0443. The zero-order chi connectivity index (χ0) is 21.6. The van der Waals surface area contributed by atoms with Gasteiger partial charge in [-0.05, 0) is 31.2 Å². The monoisotopic (exact) mass is 443 g/mol. The first-order valence-corrected chi connectivity index (χ1v) is 9.00. The molecule has 0 fully saturated rings. The fourth-order valence-corrected chi connectivity index (χ4v) is 2.72. The molecule has 0 bridgehead atoms. The van der Waals surface area contributed by atoms with E-state index in [2.05, 4.69) is 21.9 Å². The van der Waals surface area contributed by atoms with Gasteiger partial charge in [0.1, 0.15) is 6.42 Å². The van der Waals surface area contributed by atoms with Crippen LogP contribution in [0.5, 0.6) is 0 Å². The summed E-state index contributed by atoms with van der Waals surface area (Å²) in [5.74, 6) is 3.14. The summed E-state index contributed by atoms with van der Waals surface area (Å²) < 4.78 is 45.8. The van der Waals surface area contributed by atoms with Crippen molar-refractivity contribution in [1.29, 1.82) is 0 Å². The third-order valence-electron chi connectivity index (χ3n) is 3.52. The van der Waals surface area contributed by atoms with E-state index in [1.807, 2.05) is 0 Å². The maximum atomic E-state index is 13.7. The molecule has 2 aromatic carbocycles. The number of rotatable bonds is 4. The molecule has 4 nitrogen and oxygen atoms in total. The van der Waals surface area contributed by atoms with Crippen molar-refractivity contribution in [3.63, 3.8) is 0 Å². The van der Waals surface area contributed by atoms with Crippen LogP contribution in [-0.4, -0.2) is 18.5 Å². The summed E-state index contributed by atoms with van der Waals surface area (Å²) in [6, 6.07) is 8.54. The Morgan fingerprint density at radius 3 is 2.38 bits per heavy atom. The molecule has 2 rings (SSSR count). The van der Waals surface area contributed by atoms with Gasteiger partial charge in [-0.25, -0.2) is 0 Å². The molecule has 9 heteroatoms. The van der Waals surface area contributed by atoms with Gasteiger partial charge in [0.25, 0.3) is 0 Å². The van der Waals surface area contributed by atoms with E-state index in [9.17, 15) is 22.8 Å². The summed E-state index contributed by atoms with van der Waals surface area (Å²) in [4.78, 5) is 23.3. The quantitative estimate of drug-likeness (QED) is 0.396. The molecular weight excluding hydrogens is 430 g/mol. The molecule has 152 valence electrons. The average Bonchev–Trinajstić information content (AvgIpc) is 2.62. The Bertz CT molecular complexity index is 995. The van der Waals surface area contributed by atoms with Gasteiger partial charge in [-0.15, -0.1) is 0 Å². The smallest absolute Gasteiger partial charge is 0.419 e. The van der Waals surface area contributed by atoms with Gasteiger partial charge in [-0.2, -0.15) is 13.2 Å². The van der Waals surface area contributed by atoms with Crippen LogP contribution in [0.3, 0.4) is 0 Å². The Morgan fingerprint density at radius 2 is 1.76 bits per heavy atom. The van der Waals surface area contributed by atoms with Gasteiger partial charge in [0.05, 0.1) is 33.5 Å². The lowest BCUT2D eigenvalue weighted by atomic mass is 10.0. The van der Waals surface area contributed by atoms with Crippen LogP contribution in [0.4, 0.5) is 18.9 Å². The topological polar surface area (TPSA) is 55.4 Å². The number of carbonyl (C=O) groups excluding carboxylic acids is 2. The standard InChI is InChI=1S/C20H14Cl2F3NO3/c1-2-29-18(28)11-17(27)26-16-10-9-15(22)13(19(16)20(23,24)25)8-7-12-5-3-4-6-14(12)21/h3-6,9-10H,2,11H2,1H3,(H,26,27). The van der Waals surface area contributed by atoms with Crippen LogP contribution in [0.2, 0.25) is 10.0 Å². The van der Waals surface area contributed by atoms with Gasteiger partial charge in [0.15, 0.2) is 0 Å². The van der Waals surface area contributed by atoms with Crippen LogP contribution in [0, 0.1) is 11.8 Å². The van der Waals surface area contributed by atoms with E-state index in [4.69, 9.17) is 23.2 Å². The zero-order valence-corrected chi connectivity index (χ0v) is 16.5. The molecule has 0 atom stereocenters. The largest absolute Gasteiger partial charge is 0.466 e. The highest BCUT2D eigenvalue weighted by molar-refractivity contribution is 6.32. The highest BCUT2D eigenvalue weighted by atomic mass is 35.5. The van der Waals surface area contributed by atoms with Crippen LogP contribution in [0.15, 0.2) is 36.4 Å². The molecule has 1 N–H and O–H groups in total. The first-order chi connectivity index (χ1) is 13.6. The third kappa shape index (κ3) is 6.14. The Kier molecular flexibility index (Phi) is 7.54. The van der Waals surface area contributed by atoms with E-state index in [0.29, 0.717) is 5.56 Å². The lowest BCUT2D eigenvalue weighted by Gasteiger charge is -2.16. The van der Waals surface area contributed by atoms with E-state index in [1.165, 1.54) is 6.07 Å². The molecule has 29 heavy (non-hydrogen) atoms. The van der Waals surface area contributed by atoms with E-state index in [-0.39, 0.29) is 16.7 Å². The summed E-state index contributed by atoms with van der Waals surface area (Å²) in [6.45, 7) is 1.59. The van der Waals surface area contributed by atoms with Crippen LogP contribution < -0.4 is 5.32 Å². The first kappa shape index (κ1) is 22.6. The van der Waals surface area contributed by atoms with E-state index in [1.54, 1.807) is 31.2 Å². The fraction of sp³-hybridized carbons (Fsp3) is 0.200. The van der Waals surface area contributed by atoms with Crippen molar-refractivity contribution in [2.75, 3.05) is 11.9 Å². The molecule has 0 aliphatic rings. The molecule has 2 aromatic rings. The zero-order valence-electron chi connectivity index (χ0n) is 15.0. The van der Waals surface area contributed by atoms with Crippen molar-refractivity contribution in [2.45, 2.75) is 19.5 Å². The number of benzene rings is 2. The number of hydrogen-bond donors (Lipinski definition) is 1. The third-order valence-corrected chi connectivity index (χ3v) is 4.16. The number of alkyl halides is 3. The molecule has 0 aliphatic carbocycles. The lowest BCUT2D eigenvalue weighted by Crippen LogP contribution is -2.21. The Labute approximate surface area is 174 Å². The summed E-state index contributed by atoms with van der Waals surface area (Å²) in [5.41, 5.74) is -2.00. The maximum Gasteiger partial charge on any atom is 0.419 e. The molecule has 0 unspecified atom stereocenters. The normalized spacial score (nSPS) is 10.7. The Hall–Kier alpha value is -2.69. The second-order valence-corrected chi connectivity index (χ2v) is 6.42. The van der Waals surface area contributed by atoms with Crippen molar-refractivity contribution in [1.82, 2.24) is 0 Å². The number of ether oxygens (including phenoxy) is 1. The number of esters is 1. The molecule has 0 saturated heterocycles. The number of carbonyl (C=O) groups is 2. The molecule has 0 heterocycles. The van der Waals surface area contributed by atoms with Crippen molar-refractivity contribution < 1.29 is 27.5 Å². The molecule has 1 amide bonds. The van der Waals surface area contributed by atoms with Crippen molar-refractivity contribution in [3.05, 3.63) is 63.1 Å². The molecule has 0 saturated carbocycles. The van der Waals surface area contributed by atoms with E-state index in [0.717, 1.165) is 6.07 Å². The first-order valence-electron chi connectivity index (χ1n) is 8.25. The van der Waals surface area contributed by atoms with Gasteiger partial charge < -0.3 is 10.1 Å². The van der Waals surface area contributed by atoms with Crippen LogP contribution in [-0.2, 0) is 20.5 Å². The second-order valence-electron chi connectivity index (χ2n) is 5.60. The van der Waals surface area contributed by atoms with Crippen LogP contribution in [0.1, 0.15) is 30.0 Å². The number of nitrogens with one attached hydrogen (secondary N) is 1. The van der Waals surface area contributed by atoms with Gasteiger partial charge in [-0.1, -0.05) is 47.2 Å². The summed E-state index contributed by atoms with van der Waals surface area (Å²) >= 11 is 11.9. The van der Waals surface area contributed by atoms with Crippen LogP contribution in [0.25, 0.3) is 0 Å². The van der Waals surface area contributed by atoms with Gasteiger partial charge in [0, 0.05) is 5.56 Å². The average molecular weight is 444 g/mol.